The Morgan fingerprint density at radius 3 is 2.45 bits per heavy atom. The monoisotopic (exact) mass is 442 g/mol. The first-order chi connectivity index (χ1) is 14.7. The second kappa shape index (κ2) is 11.3. The number of rotatable bonds is 8. The number of halogens is 1. The van der Waals surface area contributed by atoms with Crippen molar-refractivity contribution in [3.63, 3.8) is 0 Å². The molecular formula is C25H31ClN2O3. The number of hydrogen-bond acceptors (Lipinski definition) is 4. The third kappa shape index (κ3) is 6.33. The van der Waals surface area contributed by atoms with Crippen LogP contribution in [0.2, 0.25) is 0 Å². The maximum absolute atomic E-state index is 12.2. The summed E-state index contributed by atoms with van der Waals surface area (Å²) in [5, 5.41) is 13.8. The number of benzene rings is 2. The van der Waals surface area contributed by atoms with Gasteiger partial charge in [-0.15, -0.1) is 12.4 Å². The Morgan fingerprint density at radius 1 is 1.10 bits per heavy atom. The first kappa shape index (κ1) is 23.3. The van der Waals surface area contributed by atoms with E-state index in [1.165, 1.54) is 11.1 Å². The predicted molar refractivity (Wildman–Crippen MR) is 126 cm³/mol. The minimum Gasteiger partial charge on any atom is -0.490 e. The molecule has 0 spiro atoms. The van der Waals surface area contributed by atoms with E-state index in [4.69, 9.17) is 4.74 Å². The highest BCUT2D eigenvalue weighted by Gasteiger charge is 2.21. The van der Waals surface area contributed by atoms with Gasteiger partial charge in [0.25, 0.3) is 0 Å². The molecule has 0 radical (unpaired) electrons. The van der Waals surface area contributed by atoms with E-state index >= 15 is 0 Å². The van der Waals surface area contributed by atoms with Crippen LogP contribution in [0.15, 0.2) is 54.6 Å². The fourth-order valence-electron chi connectivity index (χ4n) is 4.20. The fourth-order valence-corrected chi connectivity index (χ4v) is 4.20. The molecule has 1 amide bonds. The van der Waals surface area contributed by atoms with Crippen LogP contribution in [0.1, 0.15) is 29.5 Å². The third-order valence-corrected chi connectivity index (χ3v) is 5.87. The first-order valence-corrected chi connectivity index (χ1v) is 10.9. The van der Waals surface area contributed by atoms with Crippen LogP contribution in [0.25, 0.3) is 6.08 Å². The standard InChI is InChI=1S/C25H30N2O3.ClH/c28-23(17-26-22-15-20-8-1-2-9-21(20)16-22)18-30-24-10-4-3-7-19(24)11-12-25(29)27-13-5-6-14-27;/h1-4,7-12,22-23,26,28H,5-6,13-18H2;1H. The number of fused-ring (bicyclic) bond motifs is 1. The number of likely N-dealkylation sites (tertiary alicyclic amines) is 1. The summed E-state index contributed by atoms with van der Waals surface area (Å²) in [6.45, 7) is 2.38. The van der Waals surface area contributed by atoms with E-state index in [1.54, 1.807) is 12.2 Å². The summed E-state index contributed by atoms with van der Waals surface area (Å²) in [6.07, 6.45) is 6.98. The Morgan fingerprint density at radius 2 is 1.74 bits per heavy atom. The van der Waals surface area contributed by atoms with E-state index in [1.807, 2.05) is 29.2 Å². The lowest BCUT2D eigenvalue weighted by molar-refractivity contribution is -0.124. The van der Waals surface area contributed by atoms with Gasteiger partial charge >= 0.3 is 0 Å². The number of aliphatic hydroxyl groups is 1. The molecule has 31 heavy (non-hydrogen) atoms. The van der Waals surface area contributed by atoms with Gasteiger partial charge < -0.3 is 20.1 Å². The highest BCUT2D eigenvalue weighted by atomic mass is 35.5. The second-order valence-corrected chi connectivity index (χ2v) is 8.15. The zero-order chi connectivity index (χ0) is 20.8. The number of hydrogen-bond donors (Lipinski definition) is 2. The van der Waals surface area contributed by atoms with Gasteiger partial charge in [0, 0.05) is 37.3 Å². The molecule has 1 unspecified atom stereocenters. The van der Waals surface area contributed by atoms with Gasteiger partial charge in [0.1, 0.15) is 18.5 Å². The summed E-state index contributed by atoms with van der Waals surface area (Å²) in [6, 6.07) is 16.5. The van der Waals surface area contributed by atoms with Crippen molar-refractivity contribution >= 4 is 24.4 Å². The lowest BCUT2D eigenvalue weighted by Gasteiger charge is -2.17. The number of carbonyl (C=O) groups excluding carboxylic acids is 1. The van der Waals surface area contributed by atoms with Gasteiger partial charge in [-0.2, -0.15) is 0 Å². The molecule has 1 atom stereocenters. The molecule has 6 heteroatoms. The number of ether oxygens (including phenoxy) is 1. The Bertz CT molecular complexity index is 871. The summed E-state index contributed by atoms with van der Waals surface area (Å²) in [5.41, 5.74) is 3.63. The SMILES string of the molecule is Cl.O=C(C=Cc1ccccc1OCC(O)CNC1Cc2ccccc2C1)N1CCCC1. The molecule has 2 aromatic rings. The van der Waals surface area contributed by atoms with E-state index in [-0.39, 0.29) is 24.9 Å². The predicted octanol–water partition coefficient (Wildman–Crippen LogP) is 3.24. The van der Waals surface area contributed by atoms with Crippen LogP contribution in [0, 0.1) is 0 Å². The van der Waals surface area contributed by atoms with Crippen molar-refractivity contribution in [2.45, 2.75) is 37.8 Å². The lowest BCUT2D eigenvalue weighted by atomic mass is 10.1. The zero-order valence-electron chi connectivity index (χ0n) is 17.7. The number of aliphatic hydroxyl groups excluding tert-OH is 1. The quantitative estimate of drug-likeness (QED) is 0.616. The first-order valence-electron chi connectivity index (χ1n) is 10.9. The van der Waals surface area contributed by atoms with Gasteiger partial charge in [-0.3, -0.25) is 4.79 Å². The summed E-state index contributed by atoms with van der Waals surface area (Å²) < 4.78 is 5.87. The van der Waals surface area contributed by atoms with Gasteiger partial charge in [-0.25, -0.2) is 0 Å². The molecule has 0 saturated carbocycles. The number of amides is 1. The Balaban J connectivity index is 0.00000272. The van der Waals surface area contributed by atoms with Crippen LogP contribution in [0.3, 0.4) is 0 Å². The van der Waals surface area contributed by atoms with Gasteiger partial charge in [0.2, 0.25) is 5.91 Å². The topological polar surface area (TPSA) is 61.8 Å². The van der Waals surface area contributed by atoms with E-state index < -0.39 is 6.10 Å². The van der Waals surface area contributed by atoms with Gasteiger partial charge in [-0.1, -0.05) is 42.5 Å². The molecule has 5 nitrogen and oxygen atoms in total. The van der Waals surface area contributed by atoms with Gasteiger partial charge in [-0.05, 0) is 49.0 Å². The van der Waals surface area contributed by atoms with Crippen LogP contribution >= 0.6 is 12.4 Å². The maximum Gasteiger partial charge on any atom is 0.246 e. The summed E-state index contributed by atoms with van der Waals surface area (Å²) in [5.74, 6) is 0.722. The minimum absolute atomic E-state index is 0. The molecule has 2 N–H and O–H groups in total. The second-order valence-electron chi connectivity index (χ2n) is 8.15. The summed E-state index contributed by atoms with van der Waals surface area (Å²) in [4.78, 5) is 14.1. The zero-order valence-corrected chi connectivity index (χ0v) is 18.5. The summed E-state index contributed by atoms with van der Waals surface area (Å²) >= 11 is 0. The summed E-state index contributed by atoms with van der Waals surface area (Å²) in [7, 11) is 0. The molecule has 0 bridgehead atoms. The minimum atomic E-state index is -0.600. The molecule has 1 heterocycles. The molecule has 4 rings (SSSR count). The van der Waals surface area contributed by atoms with Gasteiger partial charge in [0.15, 0.2) is 0 Å². The van der Waals surface area contributed by atoms with E-state index in [9.17, 15) is 9.90 Å². The smallest absolute Gasteiger partial charge is 0.246 e. The van der Waals surface area contributed by atoms with Crippen LogP contribution in [-0.4, -0.2) is 54.3 Å². The normalized spacial score (nSPS) is 16.9. The average Bonchev–Trinajstić information content (AvgIpc) is 3.45. The third-order valence-electron chi connectivity index (χ3n) is 5.87. The molecule has 2 aliphatic rings. The molecule has 0 aromatic heterocycles. The van der Waals surface area contributed by atoms with Crippen molar-refractivity contribution < 1.29 is 14.6 Å². The van der Waals surface area contributed by atoms with E-state index in [0.29, 0.717) is 18.3 Å². The molecule has 1 aliphatic carbocycles. The molecular weight excluding hydrogens is 412 g/mol. The van der Waals surface area contributed by atoms with Crippen LogP contribution in [-0.2, 0) is 17.6 Å². The van der Waals surface area contributed by atoms with Crippen molar-refractivity contribution in [2.75, 3.05) is 26.2 Å². The molecule has 166 valence electrons. The maximum atomic E-state index is 12.2. The Hall–Kier alpha value is -2.34. The number of nitrogens with zero attached hydrogens (tertiary/aromatic N) is 1. The Kier molecular flexibility index (Phi) is 8.52. The van der Waals surface area contributed by atoms with Crippen LogP contribution < -0.4 is 10.1 Å². The van der Waals surface area contributed by atoms with Crippen LogP contribution in [0.5, 0.6) is 5.75 Å². The number of para-hydroxylation sites is 1. The van der Waals surface area contributed by atoms with Gasteiger partial charge in [0.05, 0.1) is 0 Å². The number of carbonyl (C=O) groups is 1. The highest BCUT2D eigenvalue weighted by molar-refractivity contribution is 5.92. The molecule has 1 fully saturated rings. The lowest BCUT2D eigenvalue weighted by Crippen LogP contribution is -2.38. The van der Waals surface area contributed by atoms with Crippen molar-refractivity contribution in [3.8, 4) is 5.75 Å². The Labute approximate surface area is 190 Å². The molecule has 1 saturated heterocycles. The highest BCUT2D eigenvalue weighted by Crippen LogP contribution is 2.22. The van der Waals surface area contributed by atoms with Crippen molar-refractivity contribution in [1.29, 1.82) is 0 Å². The largest absolute Gasteiger partial charge is 0.490 e. The van der Waals surface area contributed by atoms with Crippen LogP contribution in [0.4, 0.5) is 0 Å². The van der Waals surface area contributed by atoms with E-state index in [2.05, 4.69) is 29.6 Å². The van der Waals surface area contributed by atoms with E-state index in [0.717, 1.165) is 44.3 Å². The average molecular weight is 443 g/mol. The van der Waals surface area contributed by atoms with Crippen molar-refractivity contribution in [3.05, 3.63) is 71.3 Å². The fraction of sp³-hybridized carbons (Fsp3) is 0.400. The molecule has 2 aromatic carbocycles. The molecule has 1 aliphatic heterocycles. The van der Waals surface area contributed by atoms with Crippen molar-refractivity contribution in [2.24, 2.45) is 0 Å². The number of nitrogens with one attached hydrogen (secondary N) is 1. The van der Waals surface area contributed by atoms with Crippen molar-refractivity contribution in [1.82, 2.24) is 10.2 Å².